The first kappa shape index (κ1) is 10.5. The minimum absolute atomic E-state index is 0.000000000000000222. The average molecular weight is 186 g/mol. The van der Waals surface area contributed by atoms with Crippen molar-refractivity contribution in [1.82, 2.24) is 0 Å². The van der Waals surface area contributed by atoms with Crippen molar-refractivity contribution in [3.05, 3.63) is 24.3 Å². The van der Waals surface area contributed by atoms with E-state index in [0.717, 1.165) is 0 Å². The Labute approximate surface area is 75.4 Å². The Morgan fingerprint density at radius 2 is 1.50 bits per heavy atom. The van der Waals surface area contributed by atoms with Crippen LogP contribution in [0.1, 0.15) is 0 Å². The monoisotopic (exact) mass is 186 g/mol. The van der Waals surface area contributed by atoms with Crippen LogP contribution in [-0.2, 0) is 0 Å². The number of thiocarbonyl (C=S) groups is 1. The molecule has 0 fully saturated rings. The van der Waals surface area contributed by atoms with Gasteiger partial charge in [-0.3, -0.25) is 0 Å². The molecular formula is C7H10N2O2S. The lowest BCUT2D eigenvalue weighted by Gasteiger charge is -1.89. The van der Waals surface area contributed by atoms with Gasteiger partial charge in [-0.1, -0.05) is 6.07 Å². The molecule has 0 aliphatic rings. The SMILES string of the molecule is NC(N)=S.Oc1cccc(O)c1. The lowest BCUT2D eigenvalue weighted by atomic mass is 10.3. The van der Waals surface area contributed by atoms with Crippen LogP contribution in [0.3, 0.4) is 0 Å². The van der Waals surface area contributed by atoms with Gasteiger partial charge < -0.3 is 21.7 Å². The van der Waals surface area contributed by atoms with E-state index in [1.165, 1.54) is 18.2 Å². The molecule has 1 rings (SSSR count). The van der Waals surface area contributed by atoms with Crippen molar-refractivity contribution in [2.45, 2.75) is 0 Å². The summed E-state index contributed by atoms with van der Waals surface area (Å²) in [4.78, 5) is 0. The van der Waals surface area contributed by atoms with Gasteiger partial charge in [0.2, 0.25) is 0 Å². The van der Waals surface area contributed by atoms with Gasteiger partial charge >= 0.3 is 0 Å². The first-order valence-electron chi connectivity index (χ1n) is 3.05. The van der Waals surface area contributed by atoms with Crippen LogP contribution >= 0.6 is 12.2 Å². The number of hydrogen-bond donors (Lipinski definition) is 4. The van der Waals surface area contributed by atoms with E-state index in [0.29, 0.717) is 0 Å². The van der Waals surface area contributed by atoms with E-state index in [1.807, 2.05) is 0 Å². The molecule has 0 unspecified atom stereocenters. The summed E-state index contributed by atoms with van der Waals surface area (Å²) in [6.07, 6.45) is 0. The summed E-state index contributed by atoms with van der Waals surface area (Å²) < 4.78 is 0. The molecule has 0 bridgehead atoms. The van der Waals surface area contributed by atoms with Crippen molar-refractivity contribution in [2.75, 3.05) is 0 Å². The Morgan fingerprint density at radius 3 is 1.67 bits per heavy atom. The van der Waals surface area contributed by atoms with E-state index in [9.17, 15) is 0 Å². The maximum Gasteiger partial charge on any atom is 0.160 e. The molecule has 1 aromatic carbocycles. The zero-order chi connectivity index (χ0) is 9.56. The third kappa shape index (κ3) is 6.63. The Kier molecular flexibility index (Phi) is 4.55. The summed E-state index contributed by atoms with van der Waals surface area (Å²) in [6, 6.07) is 5.85. The van der Waals surface area contributed by atoms with E-state index >= 15 is 0 Å². The fraction of sp³-hybridized carbons (Fsp3) is 0. The van der Waals surface area contributed by atoms with Crippen molar-refractivity contribution in [1.29, 1.82) is 0 Å². The normalized spacial score (nSPS) is 8.00. The molecule has 0 aromatic heterocycles. The van der Waals surface area contributed by atoms with Gasteiger partial charge in [-0.15, -0.1) is 0 Å². The van der Waals surface area contributed by atoms with Crippen LogP contribution in [0.2, 0.25) is 0 Å². The molecule has 4 nitrogen and oxygen atoms in total. The fourth-order valence-corrected chi connectivity index (χ4v) is 0.493. The number of rotatable bonds is 0. The van der Waals surface area contributed by atoms with E-state index < -0.39 is 0 Å². The van der Waals surface area contributed by atoms with E-state index in [1.54, 1.807) is 6.07 Å². The van der Waals surface area contributed by atoms with Crippen molar-refractivity contribution < 1.29 is 10.2 Å². The zero-order valence-corrected chi connectivity index (χ0v) is 7.08. The Hall–Kier alpha value is -1.49. The number of benzene rings is 1. The van der Waals surface area contributed by atoms with Crippen LogP contribution in [0.4, 0.5) is 0 Å². The number of hydrogen-bond acceptors (Lipinski definition) is 3. The summed E-state index contributed by atoms with van der Waals surface area (Å²) in [5.74, 6) is 0.176. The predicted octanol–water partition coefficient (Wildman–Crippen LogP) is 0.286. The molecule has 12 heavy (non-hydrogen) atoms. The second-order valence-electron chi connectivity index (χ2n) is 1.92. The Balaban J connectivity index is 0.000000261. The summed E-state index contributed by atoms with van der Waals surface area (Å²) in [5.41, 5.74) is 9.24. The first-order valence-corrected chi connectivity index (χ1v) is 3.46. The predicted molar refractivity (Wildman–Crippen MR) is 50.7 cm³/mol. The van der Waals surface area contributed by atoms with Gasteiger partial charge in [0.25, 0.3) is 0 Å². The molecule has 0 aliphatic carbocycles. The van der Waals surface area contributed by atoms with E-state index in [2.05, 4.69) is 23.7 Å². The molecule has 1 aromatic rings. The molecule has 0 spiro atoms. The second-order valence-corrected chi connectivity index (χ2v) is 2.39. The van der Waals surface area contributed by atoms with Crippen LogP contribution < -0.4 is 11.5 Å². The maximum atomic E-state index is 8.65. The highest BCUT2D eigenvalue weighted by Gasteiger charge is 1.85. The first-order chi connectivity index (χ1) is 5.52. The summed E-state index contributed by atoms with van der Waals surface area (Å²) in [6.45, 7) is 0. The molecule has 6 N–H and O–H groups in total. The quantitative estimate of drug-likeness (QED) is 0.437. The standard InChI is InChI=1S/C6H6O2.CH4N2S/c7-5-2-1-3-6(8)4-5;2-1(3)4/h1-4,7-8H;(H4,2,3,4). The topological polar surface area (TPSA) is 92.5 Å². The van der Waals surface area contributed by atoms with Crippen LogP contribution in [0.5, 0.6) is 11.5 Å². The molecule has 0 radical (unpaired) electrons. The highest BCUT2D eigenvalue weighted by atomic mass is 32.1. The average Bonchev–Trinajstić information content (AvgIpc) is 1.84. The van der Waals surface area contributed by atoms with Gasteiger partial charge in [0.1, 0.15) is 11.5 Å². The van der Waals surface area contributed by atoms with Gasteiger partial charge in [-0.2, -0.15) is 0 Å². The van der Waals surface area contributed by atoms with Crippen LogP contribution in [-0.4, -0.2) is 15.3 Å². The third-order valence-corrected chi connectivity index (χ3v) is 0.830. The van der Waals surface area contributed by atoms with Gasteiger partial charge in [-0.05, 0) is 24.4 Å². The van der Waals surface area contributed by atoms with Crippen molar-refractivity contribution >= 4 is 17.3 Å². The van der Waals surface area contributed by atoms with E-state index in [4.69, 9.17) is 10.2 Å². The summed E-state index contributed by atoms with van der Waals surface area (Å²) >= 11 is 4.09. The van der Waals surface area contributed by atoms with Gasteiger partial charge in [0, 0.05) is 6.07 Å². The molecule has 66 valence electrons. The number of aromatic hydroxyl groups is 2. The van der Waals surface area contributed by atoms with Crippen molar-refractivity contribution in [2.24, 2.45) is 11.5 Å². The fourth-order valence-electron chi connectivity index (χ4n) is 0.493. The maximum absolute atomic E-state index is 8.65. The Bertz CT molecular complexity index is 244. The molecule has 0 heterocycles. The molecule has 0 aliphatic heterocycles. The molecule has 5 heteroatoms. The Morgan fingerprint density at radius 1 is 1.17 bits per heavy atom. The highest BCUT2D eigenvalue weighted by Crippen LogP contribution is 2.14. The minimum Gasteiger partial charge on any atom is -0.508 e. The number of phenols is 2. The van der Waals surface area contributed by atoms with Crippen LogP contribution in [0.15, 0.2) is 24.3 Å². The molecule has 0 atom stereocenters. The number of phenolic OH excluding ortho intramolecular Hbond substituents is 2. The van der Waals surface area contributed by atoms with Crippen LogP contribution in [0.25, 0.3) is 0 Å². The summed E-state index contributed by atoms with van der Waals surface area (Å²) in [7, 11) is 0. The molecule has 0 amide bonds. The molecular weight excluding hydrogens is 176 g/mol. The lowest BCUT2D eigenvalue weighted by molar-refractivity contribution is 0.450. The van der Waals surface area contributed by atoms with Gasteiger partial charge in [0.15, 0.2) is 5.11 Å². The minimum atomic E-state index is 0.000000000000000222. The third-order valence-electron chi connectivity index (χ3n) is 0.830. The number of nitrogens with two attached hydrogens (primary N) is 2. The second kappa shape index (κ2) is 5.20. The summed E-state index contributed by atoms with van der Waals surface area (Å²) in [5, 5.41) is 17.3. The molecule has 0 saturated heterocycles. The van der Waals surface area contributed by atoms with E-state index in [-0.39, 0.29) is 16.6 Å². The van der Waals surface area contributed by atoms with Gasteiger partial charge in [0.05, 0.1) is 0 Å². The van der Waals surface area contributed by atoms with Gasteiger partial charge in [-0.25, -0.2) is 0 Å². The largest absolute Gasteiger partial charge is 0.508 e. The van der Waals surface area contributed by atoms with Crippen LogP contribution in [0, 0.1) is 0 Å². The molecule has 0 saturated carbocycles. The van der Waals surface area contributed by atoms with Crippen molar-refractivity contribution in [3.63, 3.8) is 0 Å². The highest BCUT2D eigenvalue weighted by molar-refractivity contribution is 7.80. The lowest BCUT2D eigenvalue weighted by Crippen LogP contribution is -2.18. The smallest absolute Gasteiger partial charge is 0.160 e. The van der Waals surface area contributed by atoms with Crippen molar-refractivity contribution in [3.8, 4) is 11.5 Å². The zero-order valence-electron chi connectivity index (χ0n) is 6.27.